The molecule has 0 unspecified atom stereocenters. The van der Waals surface area contributed by atoms with Crippen molar-refractivity contribution < 1.29 is 0 Å². The van der Waals surface area contributed by atoms with Crippen LogP contribution in [-0.4, -0.2) is 0 Å². The molecule has 0 fully saturated rings. The SMILES string of the molecule is CCC(CC)CC(C)(C)CC. The van der Waals surface area contributed by atoms with Gasteiger partial charge in [-0.25, -0.2) is 0 Å². The highest BCUT2D eigenvalue weighted by atomic mass is 14.2. The van der Waals surface area contributed by atoms with Crippen LogP contribution in [0.25, 0.3) is 0 Å². The molecule has 0 radical (unpaired) electrons. The molecule has 0 bridgehead atoms. The van der Waals surface area contributed by atoms with Crippen LogP contribution < -0.4 is 0 Å². The highest BCUT2D eigenvalue weighted by molar-refractivity contribution is 4.70. The van der Waals surface area contributed by atoms with Crippen LogP contribution in [0.4, 0.5) is 0 Å². The van der Waals surface area contributed by atoms with Crippen molar-refractivity contribution in [3.63, 3.8) is 0 Å². The van der Waals surface area contributed by atoms with Gasteiger partial charge in [-0.3, -0.25) is 0 Å². The third kappa shape index (κ3) is 4.44. The van der Waals surface area contributed by atoms with Gasteiger partial charge in [0.2, 0.25) is 0 Å². The second kappa shape index (κ2) is 4.79. The van der Waals surface area contributed by atoms with Crippen LogP contribution in [0, 0.1) is 11.3 Å². The van der Waals surface area contributed by atoms with Crippen LogP contribution in [0.1, 0.15) is 60.3 Å². The van der Waals surface area contributed by atoms with Gasteiger partial charge in [0.1, 0.15) is 0 Å². The molecule has 0 rings (SSSR count). The van der Waals surface area contributed by atoms with Crippen LogP contribution in [0.15, 0.2) is 0 Å². The molecule has 0 N–H and O–H groups in total. The van der Waals surface area contributed by atoms with Crippen molar-refractivity contribution in [3.05, 3.63) is 0 Å². The third-order valence-corrected chi connectivity index (χ3v) is 2.95. The Morgan fingerprint density at radius 3 is 1.73 bits per heavy atom. The third-order valence-electron chi connectivity index (χ3n) is 2.95. The molecule has 0 spiro atoms. The van der Waals surface area contributed by atoms with Crippen LogP contribution in [0.2, 0.25) is 0 Å². The van der Waals surface area contributed by atoms with Gasteiger partial charge in [-0.2, -0.15) is 0 Å². The van der Waals surface area contributed by atoms with E-state index >= 15 is 0 Å². The minimum Gasteiger partial charge on any atom is -0.0651 e. The summed E-state index contributed by atoms with van der Waals surface area (Å²) in [6.45, 7) is 11.7. The maximum absolute atomic E-state index is 2.38. The molecule has 0 atom stereocenters. The fourth-order valence-electron chi connectivity index (χ4n) is 1.50. The molecule has 0 nitrogen and oxygen atoms in total. The zero-order valence-corrected chi connectivity index (χ0v) is 8.91. The minimum atomic E-state index is 0.566. The molecule has 0 aliphatic carbocycles. The molecular formula is C11H24. The topological polar surface area (TPSA) is 0 Å². The van der Waals surface area contributed by atoms with Crippen molar-refractivity contribution in [1.82, 2.24) is 0 Å². The van der Waals surface area contributed by atoms with E-state index < -0.39 is 0 Å². The minimum absolute atomic E-state index is 0.566. The lowest BCUT2D eigenvalue weighted by atomic mass is 9.79. The summed E-state index contributed by atoms with van der Waals surface area (Å²) in [4.78, 5) is 0. The fraction of sp³-hybridized carbons (Fsp3) is 1.00. The number of rotatable bonds is 5. The molecule has 68 valence electrons. The van der Waals surface area contributed by atoms with Gasteiger partial charge < -0.3 is 0 Å². The van der Waals surface area contributed by atoms with Gasteiger partial charge in [-0.1, -0.05) is 53.9 Å². The molecule has 0 aromatic heterocycles. The Hall–Kier alpha value is 0. The standard InChI is InChI=1S/C11H24/c1-6-10(7-2)9-11(4,5)8-3/h10H,6-9H2,1-5H3. The van der Waals surface area contributed by atoms with E-state index in [1.165, 1.54) is 25.7 Å². The summed E-state index contributed by atoms with van der Waals surface area (Å²) in [5.41, 5.74) is 0.566. The maximum Gasteiger partial charge on any atom is -0.0354 e. The Morgan fingerprint density at radius 2 is 1.45 bits per heavy atom. The lowest BCUT2D eigenvalue weighted by Crippen LogP contribution is -2.15. The lowest BCUT2D eigenvalue weighted by molar-refractivity contribution is 0.248. The highest BCUT2D eigenvalue weighted by Gasteiger charge is 2.18. The smallest absolute Gasteiger partial charge is 0.0354 e. The quantitative estimate of drug-likeness (QED) is 0.558. The molecule has 0 saturated heterocycles. The van der Waals surface area contributed by atoms with Gasteiger partial charge in [0.25, 0.3) is 0 Å². The number of hydrogen-bond donors (Lipinski definition) is 0. The monoisotopic (exact) mass is 156 g/mol. The zero-order valence-electron chi connectivity index (χ0n) is 8.91. The molecule has 0 aromatic carbocycles. The Morgan fingerprint density at radius 1 is 1.00 bits per heavy atom. The van der Waals surface area contributed by atoms with Crippen molar-refractivity contribution >= 4 is 0 Å². The predicted molar refractivity (Wildman–Crippen MR) is 52.8 cm³/mol. The van der Waals surface area contributed by atoms with E-state index in [1.54, 1.807) is 0 Å². The van der Waals surface area contributed by atoms with Crippen molar-refractivity contribution in [2.45, 2.75) is 60.3 Å². The molecule has 0 saturated carbocycles. The molecular weight excluding hydrogens is 132 g/mol. The van der Waals surface area contributed by atoms with Crippen LogP contribution in [0.3, 0.4) is 0 Å². The summed E-state index contributed by atoms with van der Waals surface area (Å²) in [6.07, 6.45) is 5.40. The summed E-state index contributed by atoms with van der Waals surface area (Å²) in [5, 5.41) is 0. The van der Waals surface area contributed by atoms with Crippen molar-refractivity contribution in [1.29, 1.82) is 0 Å². The van der Waals surface area contributed by atoms with E-state index in [0.717, 1.165) is 5.92 Å². The Labute approximate surface area is 72.4 Å². The number of hydrogen-bond acceptors (Lipinski definition) is 0. The fourth-order valence-corrected chi connectivity index (χ4v) is 1.50. The Bertz CT molecular complexity index is 88.2. The van der Waals surface area contributed by atoms with Gasteiger partial charge >= 0.3 is 0 Å². The predicted octanol–water partition coefficient (Wildman–Crippen LogP) is 4.25. The normalized spacial score (nSPS) is 12.5. The second-order valence-corrected chi connectivity index (χ2v) is 4.40. The van der Waals surface area contributed by atoms with E-state index in [0.29, 0.717) is 5.41 Å². The van der Waals surface area contributed by atoms with E-state index in [9.17, 15) is 0 Å². The summed E-state index contributed by atoms with van der Waals surface area (Å²) in [6, 6.07) is 0. The zero-order chi connectivity index (χ0) is 8.91. The van der Waals surface area contributed by atoms with Gasteiger partial charge in [-0.05, 0) is 17.8 Å². The van der Waals surface area contributed by atoms with Crippen LogP contribution in [-0.2, 0) is 0 Å². The van der Waals surface area contributed by atoms with Crippen LogP contribution >= 0.6 is 0 Å². The molecule has 11 heavy (non-hydrogen) atoms. The average Bonchev–Trinajstić information content (AvgIpc) is 2.00. The summed E-state index contributed by atoms with van der Waals surface area (Å²) in [5.74, 6) is 0.949. The molecule has 0 aliphatic heterocycles. The van der Waals surface area contributed by atoms with Gasteiger partial charge in [0.15, 0.2) is 0 Å². The van der Waals surface area contributed by atoms with Crippen molar-refractivity contribution in [2.75, 3.05) is 0 Å². The largest absolute Gasteiger partial charge is 0.0651 e. The highest BCUT2D eigenvalue weighted by Crippen LogP contribution is 2.31. The Kier molecular flexibility index (Phi) is 4.79. The molecule has 0 heterocycles. The van der Waals surface area contributed by atoms with E-state index in [2.05, 4.69) is 34.6 Å². The van der Waals surface area contributed by atoms with Gasteiger partial charge in [0, 0.05) is 0 Å². The van der Waals surface area contributed by atoms with Crippen molar-refractivity contribution in [3.8, 4) is 0 Å². The van der Waals surface area contributed by atoms with Crippen molar-refractivity contribution in [2.24, 2.45) is 11.3 Å². The van der Waals surface area contributed by atoms with E-state index in [-0.39, 0.29) is 0 Å². The first kappa shape index (κ1) is 11.0. The second-order valence-electron chi connectivity index (χ2n) is 4.40. The first-order valence-electron chi connectivity index (χ1n) is 5.05. The molecule has 0 aliphatic rings. The maximum atomic E-state index is 2.38. The van der Waals surface area contributed by atoms with Crippen LogP contribution in [0.5, 0.6) is 0 Å². The summed E-state index contributed by atoms with van der Waals surface area (Å²) < 4.78 is 0. The summed E-state index contributed by atoms with van der Waals surface area (Å²) >= 11 is 0. The molecule has 0 heteroatoms. The first-order valence-corrected chi connectivity index (χ1v) is 5.05. The average molecular weight is 156 g/mol. The molecule has 0 aromatic rings. The summed E-state index contributed by atoms with van der Waals surface area (Å²) in [7, 11) is 0. The molecule has 0 amide bonds. The van der Waals surface area contributed by atoms with E-state index in [4.69, 9.17) is 0 Å². The Balaban J connectivity index is 3.79. The van der Waals surface area contributed by atoms with Gasteiger partial charge in [-0.15, -0.1) is 0 Å². The first-order chi connectivity index (χ1) is 5.05. The van der Waals surface area contributed by atoms with E-state index in [1.807, 2.05) is 0 Å². The van der Waals surface area contributed by atoms with Gasteiger partial charge in [0.05, 0.1) is 0 Å². The lowest BCUT2D eigenvalue weighted by Gasteiger charge is -2.27.